The number of hydrogen-bond donors (Lipinski definition) is 1. The Hall–Kier alpha value is -2.13. The van der Waals surface area contributed by atoms with Crippen molar-refractivity contribution in [2.75, 3.05) is 5.32 Å². The molecule has 0 unspecified atom stereocenters. The number of carbonyl (C=O) groups is 1. The third-order valence-corrected chi connectivity index (χ3v) is 4.60. The van der Waals surface area contributed by atoms with Gasteiger partial charge >= 0.3 is 0 Å². The van der Waals surface area contributed by atoms with Crippen LogP contribution in [0.3, 0.4) is 0 Å². The SMILES string of the molecule is CC(C)c1ccccc1NC(=O)c1cc2ccccc2s1. The fraction of sp³-hybridized carbons (Fsp3) is 0.167. The number of rotatable bonds is 3. The molecule has 0 saturated carbocycles. The Balaban J connectivity index is 1.89. The Labute approximate surface area is 128 Å². The third kappa shape index (κ3) is 2.83. The van der Waals surface area contributed by atoms with Crippen molar-refractivity contribution in [1.82, 2.24) is 0 Å². The molecule has 0 radical (unpaired) electrons. The Morgan fingerprint density at radius 2 is 1.76 bits per heavy atom. The molecule has 1 aromatic heterocycles. The summed E-state index contributed by atoms with van der Waals surface area (Å²) in [4.78, 5) is 13.2. The molecule has 0 atom stereocenters. The number of anilines is 1. The Morgan fingerprint density at radius 3 is 2.52 bits per heavy atom. The van der Waals surface area contributed by atoms with Crippen LogP contribution in [0, 0.1) is 0 Å². The van der Waals surface area contributed by atoms with Crippen LogP contribution < -0.4 is 5.32 Å². The standard InChI is InChI=1S/C18H17NOS/c1-12(2)14-8-4-5-9-15(14)19-18(20)17-11-13-7-3-6-10-16(13)21-17/h3-12H,1-2H3,(H,19,20). The lowest BCUT2D eigenvalue weighted by Gasteiger charge is -2.12. The fourth-order valence-corrected chi connectivity index (χ4v) is 3.35. The summed E-state index contributed by atoms with van der Waals surface area (Å²) in [7, 11) is 0. The monoisotopic (exact) mass is 295 g/mol. The van der Waals surface area contributed by atoms with E-state index in [1.165, 1.54) is 11.3 Å². The number of amides is 1. The Kier molecular flexibility index (Phi) is 3.76. The van der Waals surface area contributed by atoms with Crippen molar-refractivity contribution >= 4 is 33.0 Å². The number of nitrogens with one attached hydrogen (secondary N) is 1. The minimum Gasteiger partial charge on any atom is -0.321 e. The maximum absolute atomic E-state index is 12.5. The average molecular weight is 295 g/mol. The smallest absolute Gasteiger partial charge is 0.265 e. The average Bonchev–Trinajstić information content (AvgIpc) is 2.91. The quantitative estimate of drug-likeness (QED) is 0.700. The van der Waals surface area contributed by atoms with Gasteiger partial charge in [-0.2, -0.15) is 0 Å². The van der Waals surface area contributed by atoms with Crippen LogP contribution in [0.25, 0.3) is 10.1 Å². The molecule has 0 aliphatic heterocycles. The van der Waals surface area contributed by atoms with Crippen molar-refractivity contribution in [3.8, 4) is 0 Å². The molecule has 0 aliphatic rings. The van der Waals surface area contributed by atoms with Crippen molar-refractivity contribution in [3.63, 3.8) is 0 Å². The Morgan fingerprint density at radius 1 is 1.05 bits per heavy atom. The summed E-state index contributed by atoms with van der Waals surface area (Å²) in [6, 6.07) is 18.0. The zero-order valence-corrected chi connectivity index (χ0v) is 12.9. The van der Waals surface area contributed by atoms with E-state index in [1.54, 1.807) is 0 Å². The molecular weight excluding hydrogens is 278 g/mol. The number of thiophene rings is 1. The van der Waals surface area contributed by atoms with Crippen molar-refractivity contribution in [1.29, 1.82) is 0 Å². The van der Waals surface area contributed by atoms with Gasteiger partial charge in [0.1, 0.15) is 0 Å². The van der Waals surface area contributed by atoms with Gasteiger partial charge in [0.25, 0.3) is 5.91 Å². The number of fused-ring (bicyclic) bond motifs is 1. The Bertz CT molecular complexity index is 756. The maximum atomic E-state index is 12.5. The molecule has 1 N–H and O–H groups in total. The van der Waals surface area contributed by atoms with E-state index < -0.39 is 0 Å². The highest BCUT2D eigenvalue weighted by molar-refractivity contribution is 7.20. The molecule has 21 heavy (non-hydrogen) atoms. The third-order valence-electron chi connectivity index (χ3n) is 3.48. The summed E-state index contributed by atoms with van der Waals surface area (Å²) in [6.07, 6.45) is 0. The maximum Gasteiger partial charge on any atom is 0.265 e. The van der Waals surface area contributed by atoms with Gasteiger partial charge in [-0.25, -0.2) is 0 Å². The molecule has 0 spiro atoms. The van der Waals surface area contributed by atoms with E-state index in [2.05, 4.69) is 25.2 Å². The summed E-state index contributed by atoms with van der Waals surface area (Å²) < 4.78 is 1.14. The molecule has 0 saturated heterocycles. The van der Waals surface area contributed by atoms with Crippen LogP contribution in [0.1, 0.15) is 35.0 Å². The summed E-state index contributed by atoms with van der Waals surface area (Å²) in [5.41, 5.74) is 2.06. The molecular formula is C18H17NOS. The van der Waals surface area contributed by atoms with E-state index in [9.17, 15) is 4.79 Å². The highest BCUT2D eigenvalue weighted by Crippen LogP contribution is 2.28. The molecule has 1 amide bonds. The topological polar surface area (TPSA) is 29.1 Å². The van der Waals surface area contributed by atoms with Gasteiger partial charge in [-0.15, -0.1) is 11.3 Å². The lowest BCUT2D eigenvalue weighted by molar-refractivity contribution is 0.103. The highest BCUT2D eigenvalue weighted by atomic mass is 32.1. The van der Waals surface area contributed by atoms with Gasteiger partial charge in [0.2, 0.25) is 0 Å². The van der Waals surface area contributed by atoms with Gasteiger partial charge in [-0.05, 0) is 35.1 Å². The first-order chi connectivity index (χ1) is 10.1. The minimum atomic E-state index is -0.0377. The highest BCUT2D eigenvalue weighted by Gasteiger charge is 2.13. The molecule has 0 bridgehead atoms. The number of hydrogen-bond acceptors (Lipinski definition) is 2. The van der Waals surface area contributed by atoms with E-state index >= 15 is 0 Å². The van der Waals surface area contributed by atoms with Crippen molar-refractivity contribution in [2.24, 2.45) is 0 Å². The van der Waals surface area contributed by atoms with Gasteiger partial charge < -0.3 is 5.32 Å². The predicted octanol–water partition coefficient (Wildman–Crippen LogP) is 5.28. The second-order valence-corrected chi connectivity index (χ2v) is 6.43. The van der Waals surface area contributed by atoms with Gasteiger partial charge in [0, 0.05) is 10.4 Å². The molecule has 3 rings (SSSR count). The fourth-order valence-electron chi connectivity index (χ4n) is 2.39. The van der Waals surface area contributed by atoms with Crippen LogP contribution in [-0.2, 0) is 0 Å². The zero-order valence-electron chi connectivity index (χ0n) is 12.1. The summed E-state index contributed by atoms with van der Waals surface area (Å²) >= 11 is 1.53. The molecule has 0 fully saturated rings. The van der Waals surface area contributed by atoms with E-state index in [0.717, 1.165) is 26.2 Å². The van der Waals surface area contributed by atoms with Gasteiger partial charge in [-0.3, -0.25) is 4.79 Å². The predicted molar refractivity (Wildman–Crippen MR) is 90.3 cm³/mol. The zero-order chi connectivity index (χ0) is 14.8. The van der Waals surface area contributed by atoms with Crippen LogP contribution >= 0.6 is 11.3 Å². The van der Waals surface area contributed by atoms with Crippen molar-refractivity contribution in [3.05, 3.63) is 65.0 Å². The first-order valence-corrected chi connectivity index (χ1v) is 7.85. The number of benzene rings is 2. The van der Waals surface area contributed by atoms with Crippen LogP contribution in [-0.4, -0.2) is 5.91 Å². The summed E-state index contributed by atoms with van der Waals surface area (Å²) in [6.45, 7) is 4.26. The second-order valence-electron chi connectivity index (χ2n) is 5.34. The van der Waals surface area contributed by atoms with Crippen molar-refractivity contribution < 1.29 is 4.79 Å². The van der Waals surface area contributed by atoms with Gasteiger partial charge in [0.05, 0.1) is 4.88 Å². The summed E-state index contributed by atoms with van der Waals surface area (Å²) in [5, 5.41) is 4.16. The number of para-hydroxylation sites is 1. The largest absolute Gasteiger partial charge is 0.321 e. The lowest BCUT2D eigenvalue weighted by atomic mass is 10.0. The van der Waals surface area contributed by atoms with E-state index in [1.807, 2.05) is 48.5 Å². The number of carbonyl (C=O) groups excluding carboxylic acids is 1. The van der Waals surface area contributed by atoms with Gasteiger partial charge in [0.15, 0.2) is 0 Å². The molecule has 1 heterocycles. The first-order valence-electron chi connectivity index (χ1n) is 7.04. The van der Waals surface area contributed by atoms with Crippen molar-refractivity contribution in [2.45, 2.75) is 19.8 Å². The normalized spacial score (nSPS) is 11.0. The van der Waals surface area contributed by atoms with E-state index in [-0.39, 0.29) is 5.91 Å². The summed E-state index contributed by atoms with van der Waals surface area (Å²) in [5.74, 6) is 0.341. The molecule has 106 valence electrons. The molecule has 3 aromatic rings. The van der Waals surface area contributed by atoms with Crippen LogP contribution in [0.4, 0.5) is 5.69 Å². The molecule has 2 nitrogen and oxygen atoms in total. The van der Waals surface area contributed by atoms with Crippen LogP contribution in [0.15, 0.2) is 54.6 Å². The van der Waals surface area contributed by atoms with Crippen LogP contribution in [0.2, 0.25) is 0 Å². The van der Waals surface area contributed by atoms with E-state index in [0.29, 0.717) is 5.92 Å². The van der Waals surface area contributed by atoms with Crippen LogP contribution in [0.5, 0.6) is 0 Å². The molecule has 0 aliphatic carbocycles. The second kappa shape index (κ2) is 5.70. The molecule has 3 heteroatoms. The van der Waals surface area contributed by atoms with E-state index in [4.69, 9.17) is 0 Å². The first kappa shape index (κ1) is 13.8. The molecule has 2 aromatic carbocycles. The minimum absolute atomic E-state index is 0.0377. The van der Waals surface area contributed by atoms with Gasteiger partial charge in [-0.1, -0.05) is 50.2 Å². The lowest BCUT2D eigenvalue weighted by Crippen LogP contribution is -2.12.